The van der Waals surface area contributed by atoms with Crippen molar-refractivity contribution in [1.82, 2.24) is 0 Å². The quantitative estimate of drug-likeness (QED) is 0.475. The van der Waals surface area contributed by atoms with Gasteiger partial charge in [-0.25, -0.2) is 4.79 Å². The molecular formula is C9H10BrO2Zn-. The fourth-order valence-electron chi connectivity index (χ4n) is 0.737. The van der Waals surface area contributed by atoms with Crippen LogP contribution in [0.15, 0.2) is 24.3 Å². The van der Waals surface area contributed by atoms with Gasteiger partial charge < -0.3 is 4.74 Å². The zero-order valence-electron chi connectivity index (χ0n) is 7.45. The molecule has 0 aliphatic carbocycles. The molecule has 0 radical (unpaired) electrons. The van der Waals surface area contributed by atoms with Gasteiger partial charge in [0.05, 0.1) is 6.61 Å². The summed E-state index contributed by atoms with van der Waals surface area (Å²) in [6.45, 7) is 2.20. The third kappa shape index (κ3) is 5.17. The molecular weight excluding hydrogens is 285 g/mol. The van der Waals surface area contributed by atoms with Gasteiger partial charge in [-0.2, -0.15) is 30.3 Å². The van der Waals surface area contributed by atoms with Crippen molar-refractivity contribution in [3.8, 4) is 0 Å². The maximum absolute atomic E-state index is 11.0. The van der Waals surface area contributed by atoms with E-state index >= 15 is 0 Å². The molecule has 68 valence electrons. The van der Waals surface area contributed by atoms with Gasteiger partial charge in [0.25, 0.3) is 0 Å². The summed E-state index contributed by atoms with van der Waals surface area (Å²) in [5.74, 6) is -0.276. The third-order valence-electron chi connectivity index (χ3n) is 1.23. The van der Waals surface area contributed by atoms with Crippen LogP contribution in [0.3, 0.4) is 0 Å². The van der Waals surface area contributed by atoms with Crippen LogP contribution in [-0.4, -0.2) is 12.6 Å². The Labute approximate surface area is 101 Å². The molecule has 0 saturated carbocycles. The Hall–Kier alpha value is -0.207. The van der Waals surface area contributed by atoms with Gasteiger partial charge in [0.15, 0.2) is 0 Å². The Bertz CT molecular complexity index is 239. The molecule has 2 nitrogen and oxygen atoms in total. The summed E-state index contributed by atoms with van der Waals surface area (Å²) in [7, 11) is 0. The van der Waals surface area contributed by atoms with E-state index in [1.807, 2.05) is 0 Å². The Morgan fingerprint density at radius 1 is 1.46 bits per heavy atom. The molecule has 0 fully saturated rings. The van der Waals surface area contributed by atoms with Gasteiger partial charge in [-0.3, -0.25) is 0 Å². The summed E-state index contributed by atoms with van der Waals surface area (Å²) in [6, 6.07) is 9.55. The second kappa shape index (κ2) is 8.39. The summed E-state index contributed by atoms with van der Waals surface area (Å²) in [5.41, 5.74) is 0.575. The van der Waals surface area contributed by atoms with Crippen LogP contribution in [0.25, 0.3) is 0 Å². The van der Waals surface area contributed by atoms with Crippen LogP contribution < -0.4 is 0 Å². The van der Waals surface area contributed by atoms with Crippen molar-refractivity contribution in [2.75, 3.05) is 6.61 Å². The molecule has 0 amide bonds. The molecule has 0 N–H and O–H groups in total. The van der Waals surface area contributed by atoms with Crippen LogP contribution in [0.1, 0.15) is 17.3 Å². The molecule has 0 aliphatic rings. The smallest absolute Gasteiger partial charge is 0.313 e. The van der Waals surface area contributed by atoms with E-state index in [4.69, 9.17) is 4.74 Å². The molecule has 13 heavy (non-hydrogen) atoms. The largest absolute Gasteiger partial charge is 0.464 e. The van der Waals surface area contributed by atoms with Crippen LogP contribution in [0.4, 0.5) is 0 Å². The van der Waals surface area contributed by atoms with Crippen molar-refractivity contribution < 1.29 is 29.0 Å². The first kappa shape index (κ1) is 15.3. The first-order valence-corrected chi connectivity index (χ1v) is 3.48. The van der Waals surface area contributed by atoms with Crippen LogP contribution >= 0.6 is 17.0 Å². The van der Waals surface area contributed by atoms with E-state index in [0.717, 1.165) is 0 Å². The second-order valence-electron chi connectivity index (χ2n) is 2.01. The molecule has 0 spiro atoms. The van der Waals surface area contributed by atoms with Crippen LogP contribution in [-0.2, 0) is 24.2 Å². The van der Waals surface area contributed by atoms with Gasteiger partial charge in [-0.05, 0) is 12.5 Å². The van der Waals surface area contributed by atoms with E-state index in [9.17, 15) is 4.79 Å². The summed E-state index contributed by atoms with van der Waals surface area (Å²) in [5, 5.41) is 0. The number of ether oxygens (including phenoxy) is 1. The molecule has 0 unspecified atom stereocenters. The molecule has 0 aliphatic heterocycles. The van der Waals surface area contributed by atoms with E-state index < -0.39 is 0 Å². The molecule has 0 saturated heterocycles. The van der Waals surface area contributed by atoms with Gasteiger partial charge in [0, 0.05) is 19.5 Å². The number of esters is 1. The van der Waals surface area contributed by atoms with Crippen LogP contribution in [0.2, 0.25) is 0 Å². The topological polar surface area (TPSA) is 26.3 Å². The SMILES string of the molecule is Br.CCOC(=O)c1cc[c-]cc1.[Zn]. The molecule has 4 heteroatoms. The van der Waals surface area contributed by atoms with Gasteiger partial charge >= 0.3 is 5.97 Å². The molecule has 0 bridgehead atoms. The fraction of sp³-hybridized carbons (Fsp3) is 0.222. The van der Waals surface area contributed by atoms with E-state index in [0.29, 0.717) is 12.2 Å². The minimum absolute atomic E-state index is 0. The summed E-state index contributed by atoms with van der Waals surface area (Å²) in [4.78, 5) is 11.0. The molecule has 0 heterocycles. The molecule has 0 atom stereocenters. The van der Waals surface area contributed by atoms with Crippen molar-refractivity contribution >= 4 is 23.0 Å². The Morgan fingerprint density at radius 2 is 2.00 bits per heavy atom. The first-order chi connectivity index (χ1) is 5.34. The van der Waals surface area contributed by atoms with Gasteiger partial charge in [0.1, 0.15) is 0 Å². The zero-order valence-corrected chi connectivity index (χ0v) is 12.1. The predicted octanol–water partition coefficient (Wildman–Crippen LogP) is 2.24. The second-order valence-corrected chi connectivity index (χ2v) is 2.01. The number of carbonyl (C=O) groups is 1. The van der Waals surface area contributed by atoms with Crippen LogP contribution in [0, 0.1) is 6.07 Å². The van der Waals surface area contributed by atoms with E-state index in [1.54, 1.807) is 31.2 Å². The summed E-state index contributed by atoms with van der Waals surface area (Å²) >= 11 is 0. The maximum atomic E-state index is 11.0. The summed E-state index contributed by atoms with van der Waals surface area (Å²) < 4.78 is 4.78. The van der Waals surface area contributed by atoms with Crippen LogP contribution in [0.5, 0.6) is 0 Å². The van der Waals surface area contributed by atoms with Gasteiger partial charge in [0.2, 0.25) is 0 Å². The molecule has 1 aromatic rings. The number of hydrogen-bond donors (Lipinski definition) is 0. The first-order valence-electron chi connectivity index (χ1n) is 3.48. The molecule has 0 aromatic heterocycles. The standard InChI is InChI=1S/C9H9O2.BrH.Zn/c1-2-11-9(10)8-6-4-3-5-7-8;;/h4-7H,2H2,1H3;1H;/q-1;;. The number of carbonyl (C=O) groups excluding carboxylic acids is 1. The number of rotatable bonds is 2. The predicted molar refractivity (Wildman–Crippen MR) is 51.6 cm³/mol. The van der Waals surface area contributed by atoms with Crippen molar-refractivity contribution in [2.24, 2.45) is 0 Å². The Kier molecular flexibility index (Phi) is 9.86. The average molecular weight is 295 g/mol. The molecule has 1 aromatic carbocycles. The molecule has 1 rings (SSSR count). The maximum Gasteiger partial charge on any atom is 0.313 e. The van der Waals surface area contributed by atoms with Gasteiger partial charge in [-0.15, -0.1) is 17.0 Å². The minimum atomic E-state index is -0.276. The monoisotopic (exact) mass is 293 g/mol. The van der Waals surface area contributed by atoms with Crippen molar-refractivity contribution in [3.05, 3.63) is 35.9 Å². The normalized spacial score (nSPS) is 7.77. The minimum Gasteiger partial charge on any atom is -0.464 e. The Balaban J connectivity index is 0. The Morgan fingerprint density at radius 3 is 2.46 bits per heavy atom. The number of hydrogen-bond acceptors (Lipinski definition) is 2. The average Bonchev–Trinajstić information content (AvgIpc) is 2.07. The van der Waals surface area contributed by atoms with Crippen molar-refractivity contribution in [2.45, 2.75) is 6.92 Å². The zero-order chi connectivity index (χ0) is 8.10. The third-order valence-corrected chi connectivity index (χ3v) is 1.23. The van der Waals surface area contributed by atoms with Crippen molar-refractivity contribution in [3.63, 3.8) is 0 Å². The number of benzene rings is 1. The van der Waals surface area contributed by atoms with Crippen molar-refractivity contribution in [1.29, 1.82) is 0 Å². The van der Waals surface area contributed by atoms with E-state index in [-0.39, 0.29) is 42.4 Å². The van der Waals surface area contributed by atoms with E-state index in [1.165, 1.54) is 0 Å². The summed E-state index contributed by atoms with van der Waals surface area (Å²) in [6.07, 6.45) is 0. The number of halogens is 1. The fourth-order valence-corrected chi connectivity index (χ4v) is 0.737. The van der Waals surface area contributed by atoms with E-state index in [2.05, 4.69) is 6.07 Å². The van der Waals surface area contributed by atoms with Gasteiger partial charge in [-0.1, -0.05) is 0 Å².